The first-order valence-corrected chi connectivity index (χ1v) is 9.58. The van der Waals surface area contributed by atoms with E-state index < -0.39 is 9.84 Å². The molecule has 1 N–H and O–H groups in total. The fourth-order valence-corrected chi connectivity index (χ4v) is 4.28. The smallest absolute Gasteiger partial charge is 0.234 e. The van der Waals surface area contributed by atoms with E-state index >= 15 is 0 Å². The van der Waals surface area contributed by atoms with Gasteiger partial charge in [0.25, 0.3) is 0 Å². The van der Waals surface area contributed by atoms with Gasteiger partial charge in [0.2, 0.25) is 5.91 Å². The molecule has 1 saturated heterocycles. The van der Waals surface area contributed by atoms with E-state index in [1.165, 1.54) is 0 Å². The summed E-state index contributed by atoms with van der Waals surface area (Å²) in [7, 11) is -2.91. The quantitative estimate of drug-likeness (QED) is 0.892. The Bertz CT molecular complexity index is 672. The van der Waals surface area contributed by atoms with E-state index in [-0.39, 0.29) is 29.5 Å². The van der Waals surface area contributed by atoms with Crippen molar-refractivity contribution >= 4 is 27.3 Å². The van der Waals surface area contributed by atoms with Crippen molar-refractivity contribution in [3.05, 3.63) is 34.9 Å². The van der Waals surface area contributed by atoms with Crippen LogP contribution in [0.3, 0.4) is 0 Å². The number of rotatable bonds is 4. The lowest BCUT2D eigenvalue weighted by molar-refractivity contribution is -0.123. The van der Waals surface area contributed by atoms with Crippen molar-refractivity contribution in [2.24, 2.45) is 0 Å². The van der Waals surface area contributed by atoms with E-state index in [1.54, 1.807) is 0 Å². The van der Waals surface area contributed by atoms with E-state index in [4.69, 9.17) is 11.6 Å². The Morgan fingerprint density at radius 1 is 1.27 bits per heavy atom. The Hall–Kier alpha value is -1.11. The van der Waals surface area contributed by atoms with Gasteiger partial charge in [0, 0.05) is 18.1 Å². The van der Waals surface area contributed by atoms with Crippen LogP contribution in [0, 0.1) is 0 Å². The van der Waals surface area contributed by atoms with Crippen LogP contribution in [0.2, 0.25) is 5.02 Å². The summed E-state index contributed by atoms with van der Waals surface area (Å²) >= 11 is 6.02. The van der Waals surface area contributed by atoms with E-state index in [9.17, 15) is 13.2 Å². The highest BCUT2D eigenvalue weighted by atomic mass is 35.5. The molecule has 22 heavy (non-hydrogen) atoms. The van der Waals surface area contributed by atoms with Crippen LogP contribution in [0.15, 0.2) is 24.3 Å². The standard InChI is InChI=1S/C15H19ClN2O3S/c16-13-3-1-2-12(10-13)15(4-5-15)17-14(19)11-18-6-8-22(20,21)9-7-18/h1-3,10H,4-9,11H2,(H,17,19). The van der Waals surface area contributed by atoms with Crippen LogP contribution in [0.1, 0.15) is 18.4 Å². The Balaban J connectivity index is 1.58. The molecular weight excluding hydrogens is 324 g/mol. The molecule has 0 atom stereocenters. The zero-order chi connectivity index (χ0) is 15.8. The van der Waals surface area contributed by atoms with E-state index in [0.717, 1.165) is 18.4 Å². The number of nitrogens with one attached hydrogen (secondary N) is 1. The zero-order valence-corrected chi connectivity index (χ0v) is 13.8. The van der Waals surface area contributed by atoms with Crippen LogP contribution in [0.25, 0.3) is 0 Å². The molecule has 120 valence electrons. The zero-order valence-electron chi connectivity index (χ0n) is 12.2. The highest BCUT2D eigenvalue weighted by molar-refractivity contribution is 7.91. The SMILES string of the molecule is O=C(CN1CCS(=O)(=O)CC1)NC1(c2cccc(Cl)c2)CC1. The number of hydrogen-bond acceptors (Lipinski definition) is 4. The van der Waals surface area contributed by atoms with Gasteiger partial charge in [-0.1, -0.05) is 23.7 Å². The number of carbonyl (C=O) groups is 1. The molecule has 5 nitrogen and oxygen atoms in total. The largest absolute Gasteiger partial charge is 0.345 e. The lowest BCUT2D eigenvalue weighted by atomic mass is 10.1. The summed E-state index contributed by atoms with van der Waals surface area (Å²) in [6.07, 6.45) is 1.82. The molecule has 2 aliphatic rings. The maximum Gasteiger partial charge on any atom is 0.234 e. The summed E-state index contributed by atoms with van der Waals surface area (Å²) in [6, 6.07) is 7.57. The molecule has 1 aromatic rings. The second kappa shape index (κ2) is 5.83. The van der Waals surface area contributed by atoms with Gasteiger partial charge in [-0.2, -0.15) is 0 Å². The topological polar surface area (TPSA) is 66.5 Å². The molecule has 1 aromatic carbocycles. The average molecular weight is 343 g/mol. The van der Waals surface area contributed by atoms with Gasteiger partial charge in [-0.15, -0.1) is 0 Å². The molecule has 1 saturated carbocycles. The van der Waals surface area contributed by atoms with Crippen molar-refractivity contribution in [1.82, 2.24) is 10.2 Å². The second-order valence-electron chi connectivity index (χ2n) is 6.07. The van der Waals surface area contributed by atoms with Gasteiger partial charge in [-0.25, -0.2) is 8.42 Å². The molecule has 0 bridgehead atoms. The third kappa shape index (κ3) is 3.62. The van der Waals surface area contributed by atoms with E-state index in [1.807, 2.05) is 29.2 Å². The molecule has 1 aliphatic heterocycles. The van der Waals surface area contributed by atoms with Gasteiger partial charge >= 0.3 is 0 Å². The predicted octanol–water partition coefficient (Wildman–Crippen LogP) is 1.18. The summed E-state index contributed by atoms with van der Waals surface area (Å²) in [5.74, 6) is 0.219. The van der Waals surface area contributed by atoms with E-state index in [2.05, 4.69) is 5.32 Å². The van der Waals surface area contributed by atoms with Gasteiger partial charge in [0.05, 0.1) is 23.6 Å². The minimum absolute atomic E-state index is 0.0585. The molecule has 0 radical (unpaired) electrons. The highest BCUT2D eigenvalue weighted by Crippen LogP contribution is 2.45. The minimum atomic E-state index is -2.91. The summed E-state index contributed by atoms with van der Waals surface area (Å²) in [5, 5.41) is 3.76. The maximum atomic E-state index is 12.3. The maximum absolute atomic E-state index is 12.3. The summed E-state index contributed by atoms with van der Waals surface area (Å²) < 4.78 is 22.8. The van der Waals surface area contributed by atoms with Crippen LogP contribution in [0.4, 0.5) is 0 Å². The molecular formula is C15H19ClN2O3S. The van der Waals surface area contributed by atoms with Crippen molar-refractivity contribution in [2.45, 2.75) is 18.4 Å². The summed E-state index contributed by atoms with van der Waals surface area (Å²) in [4.78, 5) is 14.1. The third-order valence-corrected chi connectivity index (χ3v) is 6.15. The number of halogens is 1. The second-order valence-corrected chi connectivity index (χ2v) is 8.81. The number of sulfone groups is 1. The molecule has 0 aromatic heterocycles. The molecule has 2 fully saturated rings. The Kier molecular flexibility index (Phi) is 4.18. The van der Waals surface area contributed by atoms with Crippen molar-refractivity contribution in [2.75, 3.05) is 31.1 Å². The Morgan fingerprint density at radius 3 is 2.55 bits per heavy atom. The number of hydrogen-bond donors (Lipinski definition) is 1. The first-order chi connectivity index (χ1) is 10.4. The monoisotopic (exact) mass is 342 g/mol. The summed E-state index contributed by atoms with van der Waals surface area (Å²) in [5.41, 5.74) is 0.749. The van der Waals surface area contributed by atoms with Crippen LogP contribution in [-0.4, -0.2) is 50.4 Å². The van der Waals surface area contributed by atoms with Gasteiger partial charge in [0.15, 0.2) is 9.84 Å². The predicted molar refractivity (Wildman–Crippen MR) is 85.6 cm³/mol. The number of nitrogens with zero attached hydrogens (tertiary/aromatic N) is 1. The van der Waals surface area contributed by atoms with Crippen molar-refractivity contribution in [3.8, 4) is 0 Å². The summed E-state index contributed by atoms with van der Waals surface area (Å²) in [6.45, 7) is 1.11. The molecule has 1 aliphatic carbocycles. The molecule has 7 heteroatoms. The minimum Gasteiger partial charge on any atom is -0.345 e. The Labute approximate surface area is 135 Å². The van der Waals surface area contributed by atoms with Gasteiger partial charge in [-0.3, -0.25) is 9.69 Å². The third-order valence-electron chi connectivity index (χ3n) is 4.31. The van der Waals surface area contributed by atoms with Gasteiger partial charge < -0.3 is 5.32 Å². The van der Waals surface area contributed by atoms with Crippen molar-refractivity contribution < 1.29 is 13.2 Å². The number of amides is 1. The van der Waals surface area contributed by atoms with E-state index in [0.29, 0.717) is 18.1 Å². The fraction of sp³-hybridized carbons (Fsp3) is 0.533. The number of benzene rings is 1. The van der Waals surface area contributed by atoms with Gasteiger partial charge in [-0.05, 0) is 30.5 Å². The first kappa shape index (κ1) is 15.8. The average Bonchev–Trinajstić information content (AvgIpc) is 3.22. The Morgan fingerprint density at radius 2 is 1.95 bits per heavy atom. The van der Waals surface area contributed by atoms with Gasteiger partial charge in [0.1, 0.15) is 0 Å². The van der Waals surface area contributed by atoms with Crippen LogP contribution >= 0.6 is 11.6 Å². The lowest BCUT2D eigenvalue weighted by Crippen LogP contribution is -2.47. The van der Waals surface area contributed by atoms with Crippen molar-refractivity contribution in [3.63, 3.8) is 0 Å². The van der Waals surface area contributed by atoms with Crippen molar-refractivity contribution in [1.29, 1.82) is 0 Å². The normalized spacial score (nSPS) is 23.0. The van der Waals surface area contributed by atoms with Crippen LogP contribution in [-0.2, 0) is 20.2 Å². The molecule has 1 heterocycles. The molecule has 1 amide bonds. The molecule has 0 unspecified atom stereocenters. The number of carbonyl (C=O) groups excluding carboxylic acids is 1. The van der Waals surface area contributed by atoms with Crippen LogP contribution in [0.5, 0.6) is 0 Å². The van der Waals surface area contributed by atoms with Crippen LogP contribution < -0.4 is 5.32 Å². The fourth-order valence-electron chi connectivity index (χ4n) is 2.81. The first-order valence-electron chi connectivity index (χ1n) is 7.38. The molecule has 0 spiro atoms. The highest BCUT2D eigenvalue weighted by Gasteiger charge is 2.45. The molecule has 3 rings (SSSR count). The lowest BCUT2D eigenvalue weighted by Gasteiger charge is -2.27.